The van der Waals surface area contributed by atoms with Crippen LogP contribution < -0.4 is 16.1 Å². The molecule has 4 heterocycles. The van der Waals surface area contributed by atoms with Crippen LogP contribution >= 0.6 is 11.3 Å². The fraction of sp³-hybridized carbons (Fsp3) is 0.192. The van der Waals surface area contributed by atoms with Gasteiger partial charge in [0.1, 0.15) is 5.52 Å². The quantitative estimate of drug-likeness (QED) is 0.385. The molecule has 0 unspecified atom stereocenters. The number of hydrogen-bond donors (Lipinski definition) is 1. The number of nitrogens with one attached hydrogen (secondary N) is 1. The normalized spacial score (nSPS) is 12.2. The Kier molecular flexibility index (Phi) is 6.88. The number of carbonyl (C=O) groups is 1. The molecule has 0 radical (unpaired) electrons. The number of allylic oxidation sites excluding steroid dienone is 2. The van der Waals surface area contributed by atoms with Gasteiger partial charge in [0, 0.05) is 23.2 Å². The largest absolute Gasteiger partial charge is 0.323 e. The average molecular weight is 487 g/mol. The Labute approximate surface area is 205 Å². The van der Waals surface area contributed by atoms with Gasteiger partial charge in [0.2, 0.25) is 5.78 Å². The van der Waals surface area contributed by atoms with E-state index in [9.17, 15) is 9.59 Å². The van der Waals surface area contributed by atoms with Gasteiger partial charge in [-0.3, -0.25) is 14.7 Å². The third kappa shape index (κ3) is 4.26. The van der Waals surface area contributed by atoms with E-state index in [4.69, 9.17) is 0 Å². The first kappa shape index (κ1) is 24.0. The van der Waals surface area contributed by atoms with Gasteiger partial charge in [-0.05, 0) is 12.5 Å². The molecule has 35 heavy (non-hydrogen) atoms. The molecule has 0 bridgehead atoms. The van der Waals surface area contributed by atoms with Crippen LogP contribution in [0.4, 0.5) is 0 Å². The fourth-order valence-electron chi connectivity index (χ4n) is 3.89. The first-order chi connectivity index (χ1) is 17.0. The van der Waals surface area contributed by atoms with Crippen molar-refractivity contribution >= 4 is 50.5 Å². The third-order valence-corrected chi connectivity index (χ3v) is 6.58. The maximum atomic E-state index is 13.4. The van der Waals surface area contributed by atoms with Crippen molar-refractivity contribution in [1.29, 1.82) is 0 Å². The van der Waals surface area contributed by atoms with Gasteiger partial charge in [-0.2, -0.15) is 10.2 Å². The zero-order chi connectivity index (χ0) is 25.1. The number of H-pyrrole nitrogens is 1. The number of aromatic amines is 1. The van der Waals surface area contributed by atoms with E-state index in [-0.39, 0.29) is 17.9 Å². The van der Waals surface area contributed by atoms with Gasteiger partial charge >= 0.3 is 0 Å². The summed E-state index contributed by atoms with van der Waals surface area (Å²) < 4.78 is 3.93. The molecule has 0 saturated heterocycles. The second-order valence-electron chi connectivity index (χ2n) is 7.58. The van der Waals surface area contributed by atoms with E-state index in [0.717, 1.165) is 15.5 Å². The van der Waals surface area contributed by atoms with Crippen molar-refractivity contribution in [2.24, 2.45) is 7.05 Å². The predicted molar refractivity (Wildman–Crippen MR) is 141 cm³/mol. The van der Waals surface area contributed by atoms with Crippen molar-refractivity contribution in [3.63, 3.8) is 0 Å². The summed E-state index contributed by atoms with van der Waals surface area (Å²) >= 11 is 1.28. The van der Waals surface area contributed by atoms with Crippen LogP contribution in [0, 0.1) is 0 Å². The van der Waals surface area contributed by atoms with E-state index < -0.39 is 0 Å². The smallest absolute Gasteiger partial charge is 0.291 e. The first-order valence-corrected chi connectivity index (χ1v) is 12.1. The molecule has 4 aromatic heterocycles. The summed E-state index contributed by atoms with van der Waals surface area (Å²) in [6, 6.07) is 9.04. The van der Waals surface area contributed by atoms with Crippen LogP contribution in [0.25, 0.3) is 33.4 Å². The molecule has 5 rings (SSSR count). The SMILES string of the molecule is C=c1[nH]nc/c1=C(/C=C\C)Cn1ncc2c3sc(C(=O)c4ccccc4)nc3n(C)c2c1=O.CC. The number of thiazole rings is 1. The Morgan fingerprint density at radius 3 is 2.60 bits per heavy atom. The van der Waals surface area contributed by atoms with Crippen molar-refractivity contribution in [3.8, 4) is 0 Å². The highest BCUT2D eigenvalue weighted by Crippen LogP contribution is 2.31. The molecule has 0 atom stereocenters. The number of hydrogen-bond acceptors (Lipinski definition) is 6. The van der Waals surface area contributed by atoms with Gasteiger partial charge in [0.25, 0.3) is 5.56 Å². The summed E-state index contributed by atoms with van der Waals surface area (Å²) in [5.41, 5.74) is 2.32. The molecule has 8 nitrogen and oxygen atoms in total. The zero-order valence-corrected chi connectivity index (χ0v) is 20.9. The van der Waals surface area contributed by atoms with E-state index in [1.54, 1.807) is 36.1 Å². The van der Waals surface area contributed by atoms with Crippen molar-refractivity contribution in [1.82, 2.24) is 29.5 Å². The first-order valence-electron chi connectivity index (χ1n) is 11.3. The van der Waals surface area contributed by atoms with Crippen LogP contribution in [-0.4, -0.2) is 35.3 Å². The lowest BCUT2D eigenvalue weighted by Crippen LogP contribution is -2.29. The van der Waals surface area contributed by atoms with Gasteiger partial charge < -0.3 is 4.57 Å². The van der Waals surface area contributed by atoms with Gasteiger partial charge in [-0.15, -0.1) is 11.3 Å². The second-order valence-corrected chi connectivity index (χ2v) is 8.58. The maximum absolute atomic E-state index is 13.4. The zero-order valence-electron chi connectivity index (χ0n) is 20.1. The Bertz CT molecular complexity index is 1720. The van der Waals surface area contributed by atoms with E-state index in [1.807, 2.05) is 51.1 Å². The van der Waals surface area contributed by atoms with Gasteiger partial charge in [-0.1, -0.05) is 62.9 Å². The minimum Gasteiger partial charge on any atom is -0.323 e. The highest BCUT2D eigenvalue weighted by molar-refractivity contribution is 7.21. The topological polar surface area (TPSA) is 98.5 Å². The molecule has 1 aromatic carbocycles. The monoisotopic (exact) mass is 486 g/mol. The van der Waals surface area contributed by atoms with Gasteiger partial charge in [-0.25, -0.2) is 9.67 Å². The summed E-state index contributed by atoms with van der Waals surface area (Å²) in [5, 5.41) is 13.9. The summed E-state index contributed by atoms with van der Waals surface area (Å²) in [7, 11) is 1.79. The maximum Gasteiger partial charge on any atom is 0.291 e. The molecule has 9 heteroatoms. The van der Waals surface area contributed by atoms with Crippen LogP contribution in [0.3, 0.4) is 0 Å². The molecular formula is C26H26N6O2S. The number of ketones is 1. The molecule has 0 aliphatic rings. The minimum absolute atomic E-state index is 0.138. The average Bonchev–Trinajstić information content (AvgIpc) is 3.58. The lowest BCUT2D eigenvalue weighted by atomic mass is 10.1. The molecular weight excluding hydrogens is 460 g/mol. The fourth-order valence-corrected chi connectivity index (χ4v) is 4.96. The van der Waals surface area contributed by atoms with Crippen molar-refractivity contribution < 1.29 is 4.79 Å². The number of carbonyl (C=O) groups excluding carboxylic acids is 1. The summed E-state index contributed by atoms with van der Waals surface area (Å²) in [5.74, 6) is -0.138. The Morgan fingerprint density at radius 2 is 1.94 bits per heavy atom. The third-order valence-electron chi connectivity index (χ3n) is 5.51. The molecule has 0 aliphatic heterocycles. The van der Waals surface area contributed by atoms with Crippen LogP contribution in [0.2, 0.25) is 0 Å². The summed E-state index contributed by atoms with van der Waals surface area (Å²) in [6.07, 6.45) is 7.18. The molecule has 0 spiro atoms. The summed E-state index contributed by atoms with van der Waals surface area (Å²) in [6.45, 7) is 10.1. The predicted octanol–water partition coefficient (Wildman–Crippen LogP) is 3.16. The standard InChI is InChI=1S/C24H20N6O2S.C2H6/c1-4-8-16(17-11-25-28-14(17)2)13-30-24(32)19-18(12-26-30)21-22(29(19)3)27-23(33-21)20(31)15-9-6-5-7-10-15;1-2/h4-12,28H,2,13H2,1,3H3;1-2H3/b8-4-,17-16+;. The Balaban J connectivity index is 0.00000141. The minimum atomic E-state index is -0.229. The molecule has 0 saturated carbocycles. The van der Waals surface area contributed by atoms with E-state index >= 15 is 0 Å². The molecule has 0 fully saturated rings. The van der Waals surface area contributed by atoms with Crippen molar-refractivity contribution in [2.75, 3.05) is 0 Å². The van der Waals surface area contributed by atoms with Crippen LogP contribution in [0.1, 0.15) is 36.1 Å². The lowest BCUT2D eigenvalue weighted by Gasteiger charge is -2.06. The van der Waals surface area contributed by atoms with Crippen LogP contribution in [0.15, 0.2) is 59.7 Å². The number of aryl methyl sites for hydroxylation is 1. The number of rotatable bonds is 5. The van der Waals surface area contributed by atoms with Gasteiger partial charge in [0.15, 0.2) is 10.7 Å². The lowest BCUT2D eigenvalue weighted by molar-refractivity contribution is 0.103. The molecule has 1 N–H and O–H groups in total. The van der Waals surface area contributed by atoms with Crippen molar-refractivity contribution in [2.45, 2.75) is 27.3 Å². The van der Waals surface area contributed by atoms with Crippen LogP contribution in [0.5, 0.6) is 0 Å². The highest BCUT2D eigenvalue weighted by Gasteiger charge is 2.21. The highest BCUT2D eigenvalue weighted by atomic mass is 32.1. The number of fused-ring (bicyclic) bond motifs is 3. The molecule has 0 amide bonds. The number of aromatic nitrogens is 6. The molecule has 5 aromatic rings. The Hall–Kier alpha value is -4.11. The number of benzene rings is 1. The van der Waals surface area contributed by atoms with E-state index in [1.165, 1.54) is 16.0 Å². The van der Waals surface area contributed by atoms with Crippen LogP contribution in [-0.2, 0) is 13.6 Å². The molecule has 0 aliphatic carbocycles. The van der Waals surface area contributed by atoms with E-state index in [0.29, 0.717) is 32.5 Å². The molecule has 178 valence electrons. The Morgan fingerprint density at radius 1 is 1.20 bits per heavy atom. The van der Waals surface area contributed by atoms with E-state index in [2.05, 4.69) is 26.9 Å². The van der Waals surface area contributed by atoms with Crippen molar-refractivity contribution in [3.05, 3.63) is 86.4 Å². The number of nitrogens with zero attached hydrogens (tertiary/aromatic N) is 5. The second kappa shape index (κ2) is 10.0. The van der Waals surface area contributed by atoms with Gasteiger partial charge in [0.05, 0.1) is 29.0 Å². The summed E-state index contributed by atoms with van der Waals surface area (Å²) in [4.78, 5) is 30.8.